The van der Waals surface area contributed by atoms with Crippen molar-refractivity contribution in [3.63, 3.8) is 0 Å². The number of nitrogens with one attached hydrogen (secondary N) is 2. The van der Waals surface area contributed by atoms with Gasteiger partial charge in [0.1, 0.15) is 4.90 Å². The van der Waals surface area contributed by atoms with E-state index in [2.05, 4.69) is 25.7 Å². The molecule has 3 heterocycles. The van der Waals surface area contributed by atoms with Crippen LogP contribution in [0.5, 0.6) is 0 Å². The van der Waals surface area contributed by atoms with E-state index < -0.39 is 9.84 Å². The van der Waals surface area contributed by atoms with E-state index in [9.17, 15) is 8.42 Å². The van der Waals surface area contributed by atoms with Crippen LogP contribution in [0, 0.1) is 6.92 Å². The molecule has 25 heavy (non-hydrogen) atoms. The maximum absolute atomic E-state index is 12.1. The standard InChI is InChI=1S/C16H24N6O2S/c1-12-8-20-22(11-12)7-6-18-16-19-10-14(25(2,23)24)15(21-16)13-4-3-5-17-9-13/h8,10-11,13,17H,3-7,9H2,1-2H3,(H,18,19,21). The van der Waals surface area contributed by atoms with Crippen LogP contribution in [0.2, 0.25) is 0 Å². The van der Waals surface area contributed by atoms with E-state index in [1.807, 2.05) is 24.0 Å². The van der Waals surface area contributed by atoms with Gasteiger partial charge in [0, 0.05) is 31.5 Å². The third-order valence-electron chi connectivity index (χ3n) is 4.25. The Morgan fingerprint density at radius 1 is 1.40 bits per heavy atom. The van der Waals surface area contributed by atoms with Gasteiger partial charge in [0.05, 0.1) is 24.6 Å². The smallest absolute Gasteiger partial charge is 0.223 e. The van der Waals surface area contributed by atoms with Gasteiger partial charge in [0.25, 0.3) is 0 Å². The van der Waals surface area contributed by atoms with E-state index in [0.717, 1.165) is 31.5 Å². The van der Waals surface area contributed by atoms with Crippen LogP contribution in [0.3, 0.4) is 0 Å². The third-order valence-corrected chi connectivity index (χ3v) is 5.37. The van der Waals surface area contributed by atoms with Gasteiger partial charge in [0.2, 0.25) is 5.95 Å². The summed E-state index contributed by atoms with van der Waals surface area (Å²) in [6.07, 6.45) is 8.35. The number of hydrogen-bond donors (Lipinski definition) is 2. The quantitative estimate of drug-likeness (QED) is 0.787. The van der Waals surface area contributed by atoms with Crippen molar-refractivity contribution in [2.45, 2.75) is 37.1 Å². The van der Waals surface area contributed by atoms with Crippen molar-refractivity contribution in [3.05, 3.63) is 29.8 Å². The molecule has 2 aromatic rings. The SMILES string of the molecule is Cc1cnn(CCNc2ncc(S(C)(=O)=O)c(C3CCCNC3)n2)c1. The van der Waals surface area contributed by atoms with Gasteiger partial charge in [-0.25, -0.2) is 18.4 Å². The molecule has 0 saturated carbocycles. The minimum Gasteiger partial charge on any atom is -0.352 e. The second-order valence-electron chi connectivity index (χ2n) is 6.47. The maximum atomic E-state index is 12.1. The fourth-order valence-corrected chi connectivity index (χ4v) is 3.84. The average molecular weight is 364 g/mol. The molecular weight excluding hydrogens is 340 g/mol. The predicted octanol–water partition coefficient (Wildman–Crippen LogP) is 0.964. The summed E-state index contributed by atoms with van der Waals surface area (Å²) in [7, 11) is -3.35. The van der Waals surface area contributed by atoms with Gasteiger partial charge in [-0.2, -0.15) is 5.10 Å². The number of piperidine rings is 1. The Morgan fingerprint density at radius 2 is 2.24 bits per heavy atom. The van der Waals surface area contributed by atoms with Crippen molar-refractivity contribution in [2.24, 2.45) is 0 Å². The number of rotatable bonds is 6. The molecule has 0 bridgehead atoms. The Morgan fingerprint density at radius 3 is 2.88 bits per heavy atom. The second kappa shape index (κ2) is 7.49. The molecule has 1 saturated heterocycles. The van der Waals surface area contributed by atoms with E-state index in [1.165, 1.54) is 12.5 Å². The minimum absolute atomic E-state index is 0.0933. The fraction of sp³-hybridized carbons (Fsp3) is 0.562. The van der Waals surface area contributed by atoms with Crippen LogP contribution in [0.15, 0.2) is 23.5 Å². The summed E-state index contributed by atoms with van der Waals surface area (Å²) >= 11 is 0. The molecule has 0 radical (unpaired) electrons. The lowest BCUT2D eigenvalue weighted by atomic mass is 9.96. The summed E-state index contributed by atoms with van der Waals surface area (Å²) in [5.74, 6) is 0.549. The van der Waals surface area contributed by atoms with Crippen LogP contribution in [0.25, 0.3) is 0 Å². The second-order valence-corrected chi connectivity index (χ2v) is 8.45. The molecule has 1 aliphatic heterocycles. The van der Waals surface area contributed by atoms with Crippen molar-refractivity contribution < 1.29 is 8.42 Å². The van der Waals surface area contributed by atoms with Gasteiger partial charge in [-0.15, -0.1) is 0 Å². The zero-order valence-corrected chi connectivity index (χ0v) is 15.4. The van der Waals surface area contributed by atoms with Crippen molar-refractivity contribution >= 4 is 15.8 Å². The summed E-state index contributed by atoms with van der Waals surface area (Å²) in [6.45, 7) is 5.00. The van der Waals surface area contributed by atoms with Crippen LogP contribution >= 0.6 is 0 Å². The highest BCUT2D eigenvalue weighted by Crippen LogP contribution is 2.27. The Hall–Kier alpha value is -2.00. The number of nitrogens with zero attached hydrogens (tertiary/aromatic N) is 4. The zero-order chi connectivity index (χ0) is 17.9. The van der Waals surface area contributed by atoms with Crippen molar-refractivity contribution in [1.29, 1.82) is 0 Å². The van der Waals surface area contributed by atoms with Gasteiger partial charge in [-0.1, -0.05) is 0 Å². The highest BCUT2D eigenvalue weighted by atomic mass is 32.2. The van der Waals surface area contributed by atoms with Gasteiger partial charge in [-0.05, 0) is 31.9 Å². The molecule has 1 fully saturated rings. The molecule has 9 heteroatoms. The van der Waals surface area contributed by atoms with Gasteiger partial charge >= 0.3 is 0 Å². The largest absolute Gasteiger partial charge is 0.352 e. The maximum Gasteiger partial charge on any atom is 0.223 e. The molecule has 0 aliphatic carbocycles. The van der Waals surface area contributed by atoms with Crippen molar-refractivity contribution in [1.82, 2.24) is 25.1 Å². The van der Waals surface area contributed by atoms with Crippen LogP contribution in [0.1, 0.15) is 30.0 Å². The Bertz CT molecular complexity index is 827. The molecular formula is C16H24N6O2S. The number of aryl methyl sites for hydroxylation is 1. The molecule has 3 rings (SSSR count). The normalized spacial score (nSPS) is 18.2. The van der Waals surface area contributed by atoms with Crippen molar-refractivity contribution in [3.8, 4) is 0 Å². The minimum atomic E-state index is -3.35. The van der Waals surface area contributed by atoms with Gasteiger partial charge < -0.3 is 10.6 Å². The van der Waals surface area contributed by atoms with Crippen molar-refractivity contribution in [2.75, 3.05) is 31.2 Å². The first kappa shape index (κ1) is 17.8. The average Bonchev–Trinajstić information content (AvgIpc) is 3.00. The highest BCUT2D eigenvalue weighted by Gasteiger charge is 2.25. The van der Waals surface area contributed by atoms with Crippen LogP contribution < -0.4 is 10.6 Å². The molecule has 0 aromatic carbocycles. The molecule has 1 aliphatic rings. The monoisotopic (exact) mass is 364 g/mol. The summed E-state index contributed by atoms with van der Waals surface area (Å²) in [5.41, 5.74) is 1.72. The van der Waals surface area contributed by atoms with Gasteiger partial charge in [-0.3, -0.25) is 4.68 Å². The lowest BCUT2D eigenvalue weighted by molar-refractivity contribution is 0.448. The van der Waals surface area contributed by atoms with E-state index in [-0.39, 0.29) is 10.8 Å². The molecule has 2 aromatic heterocycles. The lowest BCUT2D eigenvalue weighted by Gasteiger charge is -2.24. The molecule has 1 atom stereocenters. The van der Waals surface area contributed by atoms with E-state index in [4.69, 9.17) is 0 Å². The first-order chi connectivity index (χ1) is 11.9. The molecule has 8 nitrogen and oxygen atoms in total. The summed E-state index contributed by atoms with van der Waals surface area (Å²) in [4.78, 5) is 8.94. The predicted molar refractivity (Wildman–Crippen MR) is 95.4 cm³/mol. The van der Waals surface area contributed by atoms with Crippen LogP contribution in [-0.4, -0.2) is 54.1 Å². The molecule has 0 spiro atoms. The number of anilines is 1. The number of sulfone groups is 1. The summed E-state index contributed by atoms with van der Waals surface area (Å²) in [5, 5.41) is 10.7. The highest BCUT2D eigenvalue weighted by molar-refractivity contribution is 7.90. The summed E-state index contributed by atoms with van der Waals surface area (Å²) in [6, 6.07) is 0. The summed E-state index contributed by atoms with van der Waals surface area (Å²) < 4.78 is 26.0. The third kappa shape index (κ3) is 4.55. The number of hydrogen-bond acceptors (Lipinski definition) is 7. The molecule has 136 valence electrons. The van der Waals surface area contributed by atoms with Crippen LogP contribution in [-0.2, 0) is 16.4 Å². The Labute approximate surface area is 148 Å². The van der Waals surface area contributed by atoms with E-state index in [0.29, 0.717) is 24.7 Å². The van der Waals surface area contributed by atoms with E-state index in [1.54, 1.807) is 0 Å². The molecule has 1 unspecified atom stereocenters. The molecule has 0 amide bonds. The Kier molecular flexibility index (Phi) is 5.33. The number of aromatic nitrogens is 4. The van der Waals surface area contributed by atoms with Gasteiger partial charge in [0.15, 0.2) is 9.84 Å². The molecule has 2 N–H and O–H groups in total. The topological polar surface area (TPSA) is 102 Å². The van der Waals surface area contributed by atoms with Crippen LogP contribution in [0.4, 0.5) is 5.95 Å². The van der Waals surface area contributed by atoms with E-state index >= 15 is 0 Å². The fourth-order valence-electron chi connectivity index (χ4n) is 3.00. The first-order valence-electron chi connectivity index (χ1n) is 8.44. The Balaban J connectivity index is 1.76. The zero-order valence-electron chi connectivity index (χ0n) is 14.6. The first-order valence-corrected chi connectivity index (χ1v) is 10.3. The lowest BCUT2D eigenvalue weighted by Crippen LogP contribution is -2.30.